The van der Waals surface area contributed by atoms with Crippen molar-refractivity contribution in [3.63, 3.8) is 0 Å². The summed E-state index contributed by atoms with van der Waals surface area (Å²) in [5.74, 6) is 1.53. The van der Waals surface area contributed by atoms with Crippen LogP contribution in [0.4, 0.5) is 0 Å². The van der Waals surface area contributed by atoms with Gasteiger partial charge < -0.3 is 0 Å². The standard InChI is InChI=1S/C14H18BrNO3S2/c1-21(18,19)14-10-20-9-8-16(14)7-6-13(17)11-4-2-3-5-12(11)15/h2-5,14H,6-10H2,1H3. The third-order valence-electron chi connectivity index (χ3n) is 3.49. The van der Waals surface area contributed by atoms with Gasteiger partial charge in [-0.05, 0) is 6.07 Å². The summed E-state index contributed by atoms with van der Waals surface area (Å²) in [6.07, 6.45) is 1.60. The van der Waals surface area contributed by atoms with Crippen molar-refractivity contribution in [2.24, 2.45) is 0 Å². The van der Waals surface area contributed by atoms with E-state index in [1.54, 1.807) is 17.8 Å². The Labute approximate surface area is 138 Å². The molecule has 0 aromatic heterocycles. The Kier molecular flexibility index (Phi) is 5.88. The van der Waals surface area contributed by atoms with Gasteiger partial charge in [0.15, 0.2) is 15.6 Å². The van der Waals surface area contributed by atoms with E-state index in [2.05, 4.69) is 15.9 Å². The van der Waals surface area contributed by atoms with Crippen LogP contribution in [0.1, 0.15) is 16.8 Å². The minimum absolute atomic E-state index is 0.0351. The Balaban J connectivity index is 2.01. The second kappa shape index (κ2) is 7.26. The average Bonchev–Trinajstić information content (AvgIpc) is 2.44. The van der Waals surface area contributed by atoms with Crippen molar-refractivity contribution < 1.29 is 13.2 Å². The molecule has 0 spiro atoms. The lowest BCUT2D eigenvalue weighted by Gasteiger charge is -2.33. The molecule has 0 bridgehead atoms. The van der Waals surface area contributed by atoms with Crippen LogP contribution in [0, 0.1) is 0 Å². The van der Waals surface area contributed by atoms with Crippen molar-refractivity contribution >= 4 is 43.3 Å². The molecular formula is C14H18BrNO3S2. The first-order chi connectivity index (χ1) is 9.89. The van der Waals surface area contributed by atoms with Crippen LogP contribution >= 0.6 is 27.7 Å². The summed E-state index contributed by atoms with van der Waals surface area (Å²) in [7, 11) is -3.11. The molecule has 0 amide bonds. The predicted molar refractivity (Wildman–Crippen MR) is 90.6 cm³/mol. The number of halogens is 1. The molecule has 1 aromatic carbocycles. The van der Waals surface area contributed by atoms with Gasteiger partial charge in [0.2, 0.25) is 0 Å². The summed E-state index contributed by atoms with van der Waals surface area (Å²) in [6.45, 7) is 1.20. The van der Waals surface area contributed by atoms with E-state index in [1.807, 2.05) is 23.1 Å². The van der Waals surface area contributed by atoms with Crippen molar-refractivity contribution in [2.75, 3.05) is 30.9 Å². The second-order valence-corrected chi connectivity index (χ2v) is 9.26. The Hall–Kier alpha value is -0.370. The van der Waals surface area contributed by atoms with Crippen LogP contribution in [0.5, 0.6) is 0 Å². The van der Waals surface area contributed by atoms with Crippen LogP contribution in [0.2, 0.25) is 0 Å². The molecule has 0 radical (unpaired) electrons. The topological polar surface area (TPSA) is 54.5 Å². The molecule has 1 atom stereocenters. The molecule has 1 saturated heterocycles. The van der Waals surface area contributed by atoms with Gasteiger partial charge in [-0.3, -0.25) is 9.69 Å². The average molecular weight is 392 g/mol. The number of rotatable bonds is 5. The predicted octanol–water partition coefficient (Wildman–Crippen LogP) is 2.44. The first-order valence-electron chi connectivity index (χ1n) is 6.68. The Bertz CT molecular complexity index is 618. The van der Waals surface area contributed by atoms with Gasteiger partial charge in [-0.25, -0.2) is 8.42 Å². The van der Waals surface area contributed by atoms with E-state index < -0.39 is 15.2 Å². The third-order valence-corrected chi connectivity index (χ3v) is 6.86. The highest BCUT2D eigenvalue weighted by atomic mass is 79.9. The van der Waals surface area contributed by atoms with Gasteiger partial charge in [0.1, 0.15) is 5.37 Å². The molecule has 2 rings (SSSR count). The molecule has 1 aliphatic rings. The normalized spacial score (nSPS) is 20.4. The van der Waals surface area contributed by atoms with Gasteiger partial charge in [-0.1, -0.05) is 34.1 Å². The smallest absolute Gasteiger partial charge is 0.165 e. The lowest BCUT2D eigenvalue weighted by atomic mass is 10.1. The number of Topliss-reactive ketones (excluding diaryl/α,β-unsaturated/α-hetero) is 1. The van der Waals surface area contributed by atoms with E-state index in [4.69, 9.17) is 0 Å². The Morgan fingerprint density at radius 3 is 2.81 bits per heavy atom. The Morgan fingerprint density at radius 1 is 1.43 bits per heavy atom. The molecule has 116 valence electrons. The molecule has 7 heteroatoms. The summed E-state index contributed by atoms with van der Waals surface area (Å²) in [6, 6.07) is 7.31. The minimum atomic E-state index is -3.11. The monoisotopic (exact) mass is 391 g/mol. The number of carbonyl (C=O) groups is 1. The van der Waals surface area contributed by atoms with Crippen molar-refractivity contribution in [2.45, 2.75) is 11.8 Å². The number of hydrogen-bond donors (Lipinski definition) is 0. The molecule has 1 heterocycles. The minimum Gasteiger partial charge on any atom is -0.294 e. The zero-order chi connectivity index (χ0) is 15.5. The number of hydrogen-bond acceptors (Lipinski definition) is 5. The van der Waals surface area contributed by atoms with Crippen LogP contribution in [0.15, 0.2) is 28.7 Å². The molecule has 0 N–H and O–H groups in total. The zero-order valence-electron chi connectivity index (χ0n) is 11.8. The van der Waals surface area contributed by atoms with Crippen molar-refractivity contribution in [3.05, 3.63) is 34.3 Å². The maximum absolute atomic E-state index is 12.3. The lowest BCUT2D eigenvalue weighted by molar-refractivity contribution is 0.0962. The zero-order valence-corrected chi connectivity index (χ0v) is 15.0. The highest BCUT2D eigenvalue weighted by molar-refractivity contribution is 9.10. The number of sulfone groups is 1. The molecule has 1 aromatic rings. The first kappa shape index (κ1) is 17.0. The van der Waals surface area contributed by atoms with E-state index in [9.17, 15) is 13.2 Å². The molecule has 0 aliphatic carbocycles. The summed E-state index contributed by atoms with van der Waals surface area (Å²) >= 11 is 5.03. The highest BCUT2D eigenvalue weighted by Crippen LogP contribution is 2.22. The molecule has 4 nitrogen and oxygen atoms in total. The van der Waals surface area contributed by atoms with Crippen LogP contribution < -0.4 is 0 Å². The van der Waals surface area contributed by atoms with Gasteiger partial charge in [-0.2, -0.15) is 11.8 Å². The van der Waals surface area contributed by atoms with Crippen LogP contribution in [0.3, 0.4) is 0 Å². The van der Waals surface area contributed by atoms with E-state index in [1.165, 1.54) is 6.26 Å². The van der Waals surface area contributed by atoms with Crippen LogP contribution in [-0.2, 0) is 9.84 Å². The quantitative estimate of drug-likeness (QED) is 0.721. The number of carbonyl (C=O) groups excluding carboxylic acids is 1. The maximum Gasteiger partial charge on any atom is 0.165 e. The van der Waals surface area contributed by atoms with E-state index in [0.717, 1.165) is 10.2 Å². The molecule has 1 unspecified atom stereocenters. The highest BCUT2D eigenvalue weighted by Gasteiger charge is 2.31. The fourth-order valence-electron chi connectivity index (χ4n) is 2.33. The lowest BCUT2D eigenvalue weighted by Crippen LogP contribution is -2.47. The van der Waals surface area contributed by atoms with Gasteiger partial charge in [0.05, 0.1) is 0 Å². The summed E-state index contributed by atoms with van der Waals surface area (Å²) in [5, 5.41) is -0.469. The SMILES string of the molecule is CS(=O)(=O)C1CSCCN1CCC(=O)c1ccccc1Br. The fourth-order valence-corrected chi connectivity index (χ4v) is 5.81. The fraction of sp³-hybridized carbons (Fsp3) is 0.500. The van der Waals surface area contributed by atoms with Crippen molar-refractivity contribution in [1.29, 1.82) is 0 Å². The van der Waals surface area contributed by atoms with Gasteiger partial charge >= 0.3 is 0 Å². The Morgan fingerprint density at radius 2 is 2.14 bits per heavy atom. The molecule has 0 saturated carbocycles. The number of ketones is 1. The number of thioether (sulfide) groups is 1. The van der Waals surface area contributed by atoms with Gasteiger partial charge in [0, 0.05) is 47.3 Å². The molecule has 21 heavy (non-hydrogen) atoms. The maximum atomic E-state index is 12.3. The van der Waals surface area contributed by atoms with Crippen LogP contribution in [-0.4, -0.2) is 55.3 Å². The largest absolute Gasteiger partial charge is 0.294 e. The van der Waals surface area contributed by atoms with Crippen molar-refractivity contribution in [3.8, 4) is 0 Å². The van der Waals surface area contributed by atoms with Crippen LogP contribution in [0.25, 0.3) is 0 Å². The molecule has 1 fully saturated rings. The van der Waals surface area contributed by atoms with E-state index in [0.29, 0.717) is 30.8 Å². The summed E-state index contributed by atoms with van der Waals surface area (Å²) in [4.78, 5) is 14.2. The number of benzene rings is 1. The second-order valence-electron chi connectivity index (χ2n) is 5.05. The van der Waals surface area contributed by atoms with Gasteiger partial charge in [-0.15, -0.1) is 0 Å². The third kappa shape index (κ3) is 4.55. The first-order valence-corrected chi connectivity index (χ1v) is 10.6. The molecule has 1 aliphatic heterocycles. The van der Waals surface area contributed by atoms with Gasteiger partial charge in [0.25, 0.3) is 0 Å². The van der Waals surface area contributed by atoms with E-state index in [-0.39, 0.29) is 5.78 Å². The summed E-state index contributed by atoms with van der Waals surface area (Å²) in [5.41, 5.74) is 0.653. The van der Waals surface area contributed by atoms with E-state index >= 15 is 0 Å². The summed E-state index contributed by atoms with van der Waals surface area (Å²) < 4.78 is 24.4. The van der Waals surface area contributed by atoms with Crippen molar-refractivity contribution in [1.82, 2.24) is 4.90 Å². The molecular weight excluding hydrogens is 374 g/mol. The number of nitrogens with zero attached hydrogens (tertiary/aromatic N) is 1.